The van der Waals surface area contributed by atoms with Gasteiger partial charge in [0.15, 0.2) is 12.0 Å². The lowest BCUT2D eigenvalue weighted by Gasteiger charge is -2.10. The predicted octanol–water partition coefficient (Wildman–Crippen LogP) is 2.27. The van der Waals surface area contributed by atoms with Gasteiger partial charge in [-0.25, -0.2) is 0 Å². The molecule has 0 aliphatic rings. The van der Waals surface area contributed by atoms with Crippen LogP contribution in [0.1, 0.15) is 10.4 Å². The summed E-state index contributed by atoms with van der Waals surface area (Å²) >= 11 is 0. The van der Waals surface area contributed by atoms with Gasteiger partial charge in [0.25, 0.3) is 0 Å². The minimum Gasteiger partial charge on any atom is -0.504 e. The van der Waals surface area contributed by atoms with Gasteiger partial charge in [-0.15, -0.1) is 0 Å². The first kappa shape index (κ1) is 11.8. The Morgan fingerprint density at radius 1 is 1.33 bits per heavy atom. The molecule has 0 saturated heterocycles. The number of carbonyl (C=O) groups is 1. The quantitative estimate of drug-likeness (QED) is 0.510. The smallest absolute Gasteiger partial charge is 0.322 e. The lowest BCUT2D eigenvalue weighted by Crippen LogP contribution is -1.98. The van der Waals surface area contributed by atoms with Crippen molar-refractivity contribution < 1.29 is 19.6 Å². The van der Waals surface area contributed by atoms with Crippen LogP contribution >= 0.6 is 0 Å². The molecule has 2 aromatic carbocycles. The highest BCUT2D eigenvalue weighted by Gasteiger charge is 2.27. The number of nitrogens with zero attached hydrogens (tertiary/aromatic N) is 1. The average molecular weight is 247 g/mol. The van der Waals surface area contributed by atoms with E-state index in [1.165, 1.54) is 19.2 Å². The molecule has 0 spiro atoms. The van der Waals surface area contributed by atoms with E-state index in [2.05, 4.69) is 0 Å². The number of aldehydes is 1. The number of phenolic OH excluding ortho intramolecular Hbond substituents is 1. The maximum Gasteiger partial charge on any atom is 0.322 e. The maximum atomic E-state index is 11.1. The molecule has 6 nitrogen and oxygen atoms in total. The SMILES string of the molecule is COc1c(O)c(C=O)c2ccccc2c1[N+](=O)[O-]. The van der Waals surface area contributed by atoms with Crippen molar-refractivity contribution in [2.45, 2.75) is 0 Å². The number of rotatable bonds is 3. The van der Waals surface area contributed by atoms with E-state index in [9.17, 15) is 20.0 Å². The largest absolute Gasteiger partial charge is 0.504 e. The molecule has 0 unspecified atom stereocenters. The number of phenols is 1. The highest BCUT2D eigenvalue weighted by molar-refractivity contribution is 6.07. The van der Waals surface area contributed by atoms with Crippen molar-refractivity contribution in [1.29, 1.82) is 0 Å². The van der Waals surface area contributed by atoms with Crippen LogP contribution in [0.15, 0.2) is 24.3 Å². The minimum atomic E-state index is -0.643. The van der Waals surface area contributed by atoms with Crippen molar-refractivity contribution in [3.8, 4) is 11.5 Å². The molecule has 0 atom stereocenters. The number of nitro groups is 1. The van der Waals surface area contributed by atoms with Crippen molar-refractivity contribution in [1.82, 2.24) is 0 Å². The molecule has 1 N–H and O–H groups in total. The Morgan fingerprint density at radius 3 is 2.44 bits per heavy atom. The van der Waals surface area contributed by atoms with Gasteiger partial charge in [0.2, 0.25) is 5.75 Å². The first-order valence-electron chi connectivity index (χ1n) is 5.03. The molecule has 0 radical (unpaired) electrons. The maximum absolute atomic E-state index is 11.1. The topological polar surface area (TPSA) is 89.7 Å². The average Bonchev–Trinajstić information content (AvgIpc) is 2.37. The van der Waals surface area contributed by atoms with Crippen molar-refractivity contribution in [2.24, 2.45) is 0 Å². The van der Waals surface area contributed by atoms with E-state index in [0.717, 1.165) is 0 Å². The normalized spacial score (nSPS) is 10.3. The van der Waals surface area contributed by atoms with Crippen LogP contribution in [-0.4, -0.2) is 23.4 Å². The molecule has 92 valence electrons. The highest BCUT2D eigenvalue weighted by atomic mass is 16.6. The number of aromatic hydroxyl groups is 1. The van der Waals surface area contributed by atoms with Crippen LogP contribution in [0.2, 0.25) is 0 Å². The molecule has 0 saturated carbocycles. The monoisotopic (exact) mass is 247 g/mol. The van der Waals surface area contributed by atoms with Crippen LogP contribution in [0.25, 0.3) is 10.8 Å². The molecule has 18 heavy (non-hydrogen) atoms. The molecule has 0 amide bonds. The summed E-state index contributed by atoms with van der Waals surface area (Å²) in [5.74, 6) is -0.821. The first-order chi connectivity index (χ1) is 8.61. The van der Waals surface area contributed by atoms with Crippen LogP contribution < -0.4 is 4.74 Å². The molecule has 0 fully saturated rings. The summed E-state index contributed by atoms with van der Waals surface area (Å²) in [7, 11) is 1.20. The Hall–Kier alpha value is -2.63. The van der Waals surface area contributed by atoms with Gasteiger partial charge in [0.05, 0.1) is 23.0 Å². The number of hydrogen-bond acceptors (Lipinski definition) is 5. The molecular formula is C12H9NO5. The third-order valence-corrected chi connectivity index (χ3v) is 2.66. The van der Waals surface area contributed by atoms with Crippen LogP contribution in [0.5, 0.6) is 11.5 Å². The van der Waals surface area contributed by atoms with Crippen LogP contribution in [0.3, 0.4) is 0 Å². The third kappa shape index (κ3) is 1.55. The van der Waals surface area contributed by atoms with Crippen LogP contribution in [0.4, 0.5) is 5.69 Å². The van der Waals surface area contributed by atoms with Gasteiger partial charge in [-0.3, -0.25) is 14.9 Å². The highest BCUT2D eigenvalue weighted by Crippen LogP contribution is 2.44. The van der Waals surface area contributed by atoms with E-state index < -0.39 is 10.7 Å². The second-order valence-electron chi connectivity index (χ2n) is 3.56. The van der Waals surface area contributed by atoms with Gasteiger partial charge in [-0.2, -0.15) is 0 Å². The molecule has 6 heteroatoms. The molecule has 0 bridgehead atoms. The fraction of sp³-hybridized carbons (Fsp3) is 0.0833. The Kier molecular flexibility index (Phi) is 2.85. The summed E-state index contributed by atoms with van der Waals surface area (Å²) in [6.07, 6.45) is 0.448. The Bertz CT molecular complexity index is 650. The van der Waals surface area contributed by atoms with E-state index in [1.807, 2.05) is 0 Å². The Morgan fingerprint density at radius 2 is 1.94 bits per heavy atom. The molecule has 0 heterocycles. The van der Waals surface area contributed by atoms with Crippen molar-refractivity contribution >= 4 is 22.7 Å². The standard InChI is InChI=1S/C12H9NO5/c1-18-12-10(13(16)17)8-5-3-2-4-7(8)9(6-14)11(12)15/h2-6,15H,1H3. The van der Waals surface area contributed by atoms with Gasteiger partial charge >= 0.3 is 5.69 Å². The lowest BCUT2D eigenvalue weighted by molar-refractivity contribution is -0.384. The van der Waals surface area contributed by atoms with Crippen LogP contribution in [-0.2, 0) is 0 Å². The van der Waals surface area contributed by atoms with Crippen LogP contribution in [0, 0.1) is 10.1 Å². The van der Waals surface area contributed by atoms with Gasteiger partial charge in [-0.1, -0.05) is 18.2 Å². The van der Waals surface area contributed by atoms with E-state index >= 15 is 0 Å². The number of fused-ring (bicyclic) bond motifs is 1. The third-order valence-electron chi connectivity index (χ3n) is 2.66. The van der Waals surface area contributed by atoms with E-state index in [-0.39, 0.29) is 22.4 Å². The number of hydrogen-bond donors (Lipinski definition) is 1. The molecular weight excluding hydrogens is 238 g/mol. The van der Waals surface area contributed by atoms with Crippen molar-refractivity contribution in [3.63, 3.8) is 0 Å². The zero-order valence-electron chi connectivity index (χ0n) is 9.41. The molecule has 0 aromatic heterocycles. The summed E-state index contributed by atoms with van der Waals surface area (Å²) < 4.78 is 4.84. The summed E-state index contributed by atoms with van der Waals surface area (Å²) in [6, 6.07) is 6.28. The lowest BCUT2D eigenvalue weighted by atomic mass is 10.0. The summed E-state index contributed by atoms with van der Waals surface area (Å²) in [5.41, 5.74) is -0.371. The molecule has 2 rings (SSSR count). The number of benzene rings is 2. The van der Waals surface area contributed by atoms with E-state index in [1.54, 1.807) is 12.1 Å². The van der Waals surface area contributed by atoms with E-state index in [4.69, 9.17) is 4.74 Å². The van der Waals surface area contributed by atoms with Crippen molar-refractivity contribution in [3.05, 3.63) is 39.9 Å². The minimum absolute atomic E-state index is 0.0203. The van der Waals surface area contributed by atoms with Gasteiger partial charge in [0, 0.05) is 5.39 Å². The predicted molar refractivity (Wildman–Crippen MR) is 64.2 cm³/mol. The number of ether oxygens (including phenoxy) is 1. The van der Waals surface area contributed by atoms with Gasteiger partial charge < -0.3 is 9.84 Å². The second-order valence-corrected chi connectivity index (χ2v) is 3.56. The number of methoxy groups -OCH3 is 1. The second kappa shape index (κ2) is 4.33. The molecule has 0 aliphatic carbocycles. The Balaban J connectivity index is 3.06. The van der Waals surface area contributed by atoms with Crippen molar-refractivity contribution in [2.75, 3.05) is 7.11 Å². The van der Waals surface area contributed by atoms with Gasteiger partial charge in [0.1, 0.15) is 0 Å². The summed E-state index contributed by atoms with van der Waals surface area (Å²) in [5, 5.41) is 21.5. The van der Waals surface area contributed by atoms with E-state index in [0.29, 0.717) is 11.7 Å². The number of carbonyl (C=O) groups excluding carboxylic acids is 1. The Labute approximate surface area is 102 Å². The summed E-state index contributed by atoms with van der Waals surface area (Å²) in [6.45, 7) is 0. The fourth-order valence-electron chi connectivity index (χ4n) is 1.90. The molecule has 0 aliphatic heterocycles. The molecule has 2 aromatic rings. The van der Waals surface area contributed by atoms with Gasteiger partial charge in [-0.05, 0) is 6.07 Å². The zero-order chi connectivity index (χ0) is 13.3. The summed E-state index contributed by atoms with van der Waals surface area (Å²) in [4.78, 5) is 21.4. The first-order valence-corrected chi connectivity index (χ1v) is 5.03. The fourth-order valence-corrected chi connectivity index (χ4v) is 1.90. The number of nitro benzene ring substituents is 1. The zero-order valence-corrected chi connectivity index (χ0v) is 9.41.